The van der Waals surface area contributed by atoms with E-state index in [1.807, 2.05) is 36.4 Å². The molecule has 0 saturated carbocycles. The minimum Gasteiger partial charge on any atom is -0.507 e. The Bertz CT molecular complexity index is 1100. The van der Waals surface area contributed by atoms with Crippen molar-refractivity contribution < 1.29 is 19.4 Å². The van der Waals surface area contributed by atoms with Crippen LogP contribution in [0.2, 0.25) is 5.02 Å². The van der Waals surface area contributed by atoms with Gasteiger partial charge < -0.3 is 14.6 Å². The Morgan fingerprint density at radius 3 is 2.73 bits per heavy atom. The summed E-state index contributed by atoms with van der Waals surface area (Å²) in [5.41, 5.74) is 4.84. The molecule has 0 bridgehead atoms. The van der Waals surface area contributed by atoms with Gasteiger partial charge in [0.1, 0.15) is 12.4 Å². The second-order valence-corrected chi connectivity index (χ2v) is 7.17. The van der Waals surface area contributed by atoms with E-state index in [1.54, 1.807) is 30.3 Å². The quantitative estimate of drug-likeness (QED) is 0.482. The number of rotatable bonds is 5. The molecule has 1 heterocycles. The van der Waals surface area contributed by atoms with Crippen molar-refractivity contribution in [3.05, 3.63) is 88.4 Å². The van der Waals surface area contributed by atoms with Gasteiger partial charge in [-0.2, -0.15) is 5.10 Å². The van der Waals surface area contributed by atoms with Crippen molar-refractivity contribution >= 4 is 23.7 Å². The van der Waals surface area contributed by atoms with E-state index in [1.165, 1.54) is 6.21 Å². The summed E-state index contributed by atoms with van der Waals surface area (Å²) in [4.78, 5) is 12.3. The number of hydrogen-bond donors (Lipinski definition) is 2. The van der Waals surface area contributed by atoms with Gasteiger partial charge in [0, 0.05) is 10.6 Å². The zero-order valence-electron chi connectivity index (χ0n) is 15.9. The molecule has 3 aromatic rings. The highest BCUT2D eigenvalue weighted by atomic mass is 35.5. The van der Waals surface area contributed by atoms with Crippen molar-refractivity contribution in [2.75, 3.05) is 6.61 Å². The van der Waals surface area contributed by atoms with Crippen molar-refractivity contribution in [1.82, 2.24) is 5.43 Å². The number of phenols is 1. The van der Waals surface area contributed by atoms with E-state index in [9.17, 15) is 9.90 Å². The van der Waals surface area contributed by atoms with E-state index in [0.29, 0.717) is 28.5 Å². The normalized spacial score (nSPS) is 15.2. The number of fused-ring (bicyclic) bond motifs is 1. The number of benzene rings is 3. The molecule has 1 unspecified atom stereocenters. The Morgan fingerprint density at radius 2 is 1.90 bits per heavy atom. The van der Waals surface area contributed by atoms with Crippen LogP contribution < -0.4 is 14.9 Å². The molecule has 1 atom stereocenters. The van der Waals surface area contributed by atoms with Crippen molar-refractivity contribution in [3.63, 3.8) is 0 Å². The molecule has 0 saturated heterocycles. The van der Waals surface area contributed by atoms with Gasteiger partial charge in [-0.15, -0.1) is 0 Å². The Kier molecular flexibility index (Phi) is 5.86. The van der Waals surface area contributed by atoms with Crippen molar-refractivity contribution in [2.24, 2.45) is 5.10 Å². The summed E-state index contributed by atoms with van der Waals surface area (Å²) in [6.07, 6.45) is 1.19. The second kappa shape index (κ2) is 8.88. The highest BCUT2D eigenvalue weighted by Gasteiger charge is 2.27. The largest absolute Gasteiger partial charge is 0.507 e. The Balaban J connectivity index is 1.40. The molecule has 1 amide bonds. The van der Waals surface area contributed by atoms with Gasteiger partial charge in [-0.05, 0) is 47.9 Å². The summed E-state index contributed by atoms with van der Waals surface area (Å²) < 4.78 is 11.2. The molecule has 0 fully saturated rings. The minimum atomic E-state index is -0.808. The van der Waals surface area contributed by atoms with Crippen LogP contribution in [0.1, 0.15) is 16.7 Å². The predicted molar refractivity (Wildman–Crippen MR) is 114 cm³/mol. The molecule has 0 aromatic heterocycles. The van der Waals surface area contributed by atoms with Gasteiger partial charge in [-0.1, -0.05) is 48.0 Å². The number of para-hydroxylation sites is 2. The monoisotopic (exact) mass is 422 g/mol. The molecule has 1 aliphatic rings. The molecule has 0 aliphatic carbocycles. The van der Waals surface area contributed by atoms with Crippen LogP contribution in [0.3, 0.4) is 0 Å². The molecule has 0 radical (unpaired) electrons. The van der Waals surface area contributed by atoms with Crippen LogP contribution >= 0.6 is 11.6 Å². The Labute approximate surface area is 178 Å². The number of carbonyl (C=O) groups excluding carboxylic acids is 1. The highest BCUT2D eigenvalue weighted by molar-refractivity contribution is 6.31. The standard InChI is InChI=1S/C23H19ClN2O4/c24-18-6-2-1-5-16(18)11-15-9-10-19(27)17(12-15)13-25-26-23(28)22-14-29-20-7-3-4-8-21(20)30-22/h1-10,12-13,22,27H,11,14H2,(H,26,28). The van der Waals surface area contributed by atoms with Crippen LogP contribution in [0.15, 0.2) is 71.8 Å². The maximum Gasteiger partial charge on any atom is 0.284 e. The molecule has 7 heteroatoms. The van der Waals surface area contributed by atoms with E-state index in [-0.39, 0.29) is 12.4 Å². The summed E-state index contributed by atoms with van der Waals surface area (Å²) in [7, 11) is 0. The summed E-state index contributed by atoms with van der Waals surface area (Å²) in [5, 5.41) is 14.7. The molecular weight excluding hydrogens is 404 g/mol. The molecule has 6 nitrogen and oxygen atoms in total. The number of nitrogens with one attached hydrogen (secondary N) is 1. The van der Waals surface area contributed by atoms with Gasteiger partial charge >= 0.3 is 0 Å². The summed E-state index contributed by atoms with van der Waals surface area (Å²) >= 11 is 6.22. The number of ether oxygens (including phenoxy) is 2. The second-order valence-electron chi connectivity index (χ2n) is 6.76. The van der Waals surface area contributed by atoms with Crippen molar-refractivity contribution in [2.45, 2.75) is 12.5 Å². The lowest BCUT2D eigenvalue weighted by molar-refractivity contribution is -0.130. The topological polar surface area (TPSA) is 80.2 Å². The van der Waals surface area contributed by atoms with E-state index in [2.05, 4.69) is 10.5 Å². The minimum absolute atomic E-state index is 0.0575. The lowest BCUT2D eigenvalue weighted by Gasteiger charge is -2.24. The van der Waals surface area contributed by atoms with Crippen LogP contribution in [0, 0.1) is 0 Å². The van der Waals surface area contributed by atoms with Crippen LogP contribution in [0.5, 0.6) is 17.2 Å². The zero-order chi connectivity index (χ0) is 20.9. The number of hydrogen-bond acceptors (Lipinski definition) is 5. The summed E-state index contributed by atoms with van der Waals surface area (Å²) in [6, 6.07) is 19.9. The smallest absolute Gasteiger partial charge is 0.284 e. The third kappa shape index (κ3) is 4.55. The average Bonchev–Trinajstić information content (AvgIpc) is 2.77. The third-order valence-electron chi connectivity index (χ3n) is 4.62. The number of nitrogens with zero attached hydrogens (tertiary/aromatic N) is 1. The van der Waals surface area contributed by atoms with Crippen molar-refractivity contribution in [3.8, 4) is 17.2 Å². The lowest BCUT2D eigenvalue weighted by Crippen LogP contribution is -2.42. The fourth-order valence-electron chi connectivity index (χ4n) is 3.07. The van der Waals surface area contributed by atoms with Crippen LogP contribution in [-0.2, 0) is 11.2 Å². The number of phenolic OH excluding ortho intramolecular Hbond substituents is 1. The predicted octanol–water partition coefficient (Wildman–Crippen LogP) is 3.93. The molecule has 1 aliphatic heterocycles. The zero-order valence-corrected chi connectivity index (χ0v) is 16.7. The first-order valence-corrected chi connectivity index (χ1v) is 9.74. The van der Waals surface area contributed by atoms with Crippen LogP contribution in [0.25, 0.3) is 0 Å². The first-order chi connectivity index (χ1) is 14.6. The van der Waals surface area contributed by atoms with Gasteiger partial charge in [0.15, 0.2) is 11.5 Å². The lowest BCUT2D eigenvalue weighted by atomic mass is 10.0. The van der Waals surface area contributed by atoms with E-state index in [0.717, 1.165) is 11.1 Å². The fraction of sp³-hybridized carbons (Fsp3) is 0.130. The van der Waals surface area contributed by atoms with Crippen LogP contribution in [-0.4, -0.2) is 29.9 Å². The molecule has 0 spiro atoms. The summed E-state index contributed by atoms with van der Waals surface area (Å²) in [5.74, 6) is 0.734. The number of halogens is 1. The van der Waals surface area contributed by atoms with Gasteiger partial charge in [0.2, 0.25) is 6.10 Å². The Hall–Kier alpha value is -3.51. The van der Waals surface area contributed by atoms with Gasteiger partial charge in [0.05, 0.1) is 6.21 Å². The number of carbonyl (C=O) groups is 1. The van der Waals surface area contributed by atoms with Gasteiger partial charge in [-0.3, -0.25) is 4.79 Å². The summed E-state index contributed by atoms with van der Waals surface area (Å²) in [6.45, 7) is 0.0942. The van der Waals surface area contributed by atoms with Gasteiger partial charge in [-0.25, -0.2) is 5.43 Å². The molecule has 30 heavy (non-hydrogen) atoms. The highest BCUT2D eigenvalue weighted by Crippen LogP contribution is 2.30. The average molecular weight is 423 g/mol. The molecule has 4 rings (SSSR count). The first-order valence-electron chi connectivity index (χ1n) is 9.37. The Morgan fingerprint density at radius 1 is 1.13 bits per heavy atom. The van der Waals surface area contributed by atoms with Gasteiger partial charge in [0.25, 0.3) is 5.91 Å². The van der Waals surface area contributed by atoms with E-state index < -0.39 is 12.0 Å². The maximum absolute atomic E-state index is 12.3. The SMILES string of the molecule is O=C(NN=Cc1cc(Cc2ccccc2Cl)ccc1O)C1COc2ccccc2O1. The number of amides is 1. The molecular formula is C23H19ClN2O4. The first kappa shape index (κ1) is 19.8. The number of aromatic hydroxyl groups is 1. The van der Waals surface area contributed by atoms with Crippen molar-refractivity contribution in [1.29, 1.82) is 0 Å². The van der Waals surface area contributed by atoms with Crippen LogP contribution in [0.4, 0.5) is 0 Å². The van der Waals surface area contributed by atoms with E-state index in [4.69, 9.17) is 21.1 Å². The molecule has 152 valence electrons. The fourth-order valence-corrected chi connectivity index (χ4v) is 3.27. The van der Waals surface area contributed by atoms with E-state index >= 15 is 0 Å². The molecule has 3 aromatic carbocycles. The third-order valence-corrected chi connectivity index (χ3v) is 4.99. The number of hydrazone groups is 1. The maximum atomic E-state index is 12.3. The molecule has 2 N–H and O–H groups in total.